The Morgan fingerprint density at radius 2 is 1.70 bits per heavy atom. The molecule has 0 aromatic heterocycles. The smallest absolute Gasteiger partial charge is 0.241 e. The number of ketones is 1. The van der Waals surface area contributed by atoms with Crippen LogP contribution in [0.3, 0.4) is 0 Å². The van der Waals surface area contributed by atoms with Gasteiger partial charge in [0.05, 0.1) is 4.90 Å². The molecule has 0 aliphatic carbocycles. The first-order valence-electron chi connectivity index (χ1n) is 6.83. The fraction of sp³-hybridized carbons (Fsp3) is 0.533. The number of sulfonamides is 1. The van der Waals surface area contributed by atoms with Crippen molar-refractivity contribution >= 4 is 15.8 Å². The number of Topliss-reactive ketones (excluding diaryl/α,β-unsaturated/α-hetero) is 1. The second-order valence-electron chi connectivity index (χ2n) is 5.91. The normalized spacial score (nSPS) is 12.4. The van der Waals surface area contributed by atoms with Gasteiger partial charge in [-0.1, -0.05) is 25.5 Å². The predicted octanol–water partition coefficient (Wildman–Crippen LogP) is 3.14. The van der Waals surface area contributed by atoms with E-state index in [0.717, 1.165) is 12.8 Å². The molecule has 0 spiro atoms. The van der Waals surface area contributed by atoms with Gasteiger partial charge in [0.25, 0.3) is 0 Å². The summed E-state index contributed by atoms with van der Waals surface area (Å²) < 4.78 is 26.8. The van der Waals surface area contributed by atoms with Gasteiger partial charge in [-0.25, -0.2) is 13.1 Å². The van der Waals surface area contributed by atoms with Crippen LogP contribution in [0, 0.1) is 0 Å². The predicted molar refractivity (Wildman–Crippen MR) is 80.4 cm³/mol. The van der Waals surface area contributed by atoms with Crippen molar-refractivity contribution in [2.45, 2.75) is 57.4 Å². The lowest BCUT2D eigenvalue weighted by Crippen LogP contribution is -2.40. The minimum absolute atomic E-state index is 0.0552. The Labute approximate surface area is 121 Å². The van der Waals surface area contributed by atoms with E-state index in [2.05, 4.69) is 4.72 Å². The van der Waals surface area contributed by atoms with E-state index in [1.165, 1.54) is 12.1 Å². The SMILES string of the molecule is CCCCC(=O)c1ccc(S(=O)(=O)NC(C)(C)C)cc1. The van der Waals surface area contributed by atoms with Crippen molar-refractivity contribution in [2.75, 3.05) is 0 Å². The zero-order chi connectivity index (χ0) is 15.4. The molecule has 0 saturated carbocycles. The highest BCUT2D eigenvalue weighted by Crippen LogP contribution is 2.15. The molecule has 0 bridgehead atoms. The second-order valence-corrected chi connectivity index (χ2v) is 7.59. The van der Waals surface area contributed by atoms with E-state index in [1.54, 1.807) is 32.9 Å². The van der Waals surface area contributed by atoms with E-state index in [4.69, 9.17) is 0 Å². The summed E-state index contributed by atoms with van der Waals surface area (Å²) >= 11 is 0. The standard InChI is InChI=1S/C15H23NO3S/c1-5-6-7-14(17)12-8-10-13(11-9-12)20(18,19)16-15(2,3)4/h8-11,16H,5-7H2,1-4H3. The van der Waals surface area contributed by atoms with Gasteiger partial charge in [0, 0.05) is 17.5 Å². The number of carbonyl (C=O) groups is 1. The zero-order valence-corrected chi connectivity index (χ0v) is 13.4. The van der Waals surface area contributed by atoms with Crippen LogP contribution in [0.4, 0.5) is 0 Å². The molecule has 0 heterocycles. The van der Waals surface area contributed by atoms with E-state index >= 15 is 0 Å². The summed E-state index contributed by atoms with van der Waals surface area (Å²) in [4.78, 5) is 12.0. The van der Waals surface area contributed by atoms with Crippen molar-refractivity contribution in [1.82, 2.24) is 4.72 Å². The van der Waals surface area contributed by atoms with Crippen LogP contribution in [0.15, 0.2) is 29.2 Å². The van der Waals surface area contributed by atoms with Crippen molar-refractivity contribution in [1.29, 1.82) is 0 Å². The second kappa shape index (κ2) is 6.50. The first kappa shape index (κ1) is 16.9. The Morgan fingerprint density at radius 3 is 2.15 bits per heavy atom. The van der Waals surface area contributed by atoms with E-state index in [9.17, 15) is 13.2 Å². The van der Waals surface area contributed by atoms with E-state index < -0.39 is 15.6 Å². The Kier molecular flexibility index (Phi) is 5.48. The third-order valence-corrected chi connectivity index (χ3v) is 4.46. The number of hydrogen-bond acceptors (Lipinski definition) is 3. The van der Waals surface area contributed by atoms with Gasteiger partial charge >= 0.3 is 0 Å². The van der Waals surface area contributed by atoms with Crippen molar-refractivity contribution in [3.63, 3.8) is 0 Å². The Morgan fingerprint density at radius 1 is 1.15 bits per heavy atom. The molecule has 1 aromatic carbocycles. The minimum atomic E-state index is -3.54. The lowest BCUT2D eigenvalue weighted by Gasteiger charge is -2.20. The largest absolute Gasteiger partial charge is 0.294 e. The van der Waals surface area contributed by atoms with Crippen LogP contribution in [-0.4, -0.2) is 19.7 Å². The van der Waals surface area contributed by atoms with Gasteiger partial charge < -0.3 is 0 Å². The van der Waals surface area contributed by atoms with Crippen LogP contribution >= 0.6 is 0 Å². The molecule has 0 atom stereocenters. The number of hydrogen-bond donors (Lipinski definition) is 1. The fourth-order valence-electron chi connectivity index (χ4n) is 1.76. The topological polar surface area (TPSA) is 63.2 Å². The molecule has 4 nitrogen and oxygen atoms in total. The third-order valence-electron chi connectivity index (χ3n) is 2.68. The first-order valence-corrected chi connectivity index (χ1v) is 8.31. The van der Waals surface area contributed by atoms with Crippen LogP contribution < -0.4 is 4.72 Å². The molecule has 0 radical (unpaired) electrons. The highest BCUT2D eigenvalue weighted by atomic mass is 32.2. The molecule has 0 aliphatic rings. The van der Waals surface area contributed by atoms with Crippen molar-refractivity contribution in [2.24, 2.45) is 0 Å². The van der Waals surface area contributed by atoms with Crippen molar-refractivity contribution < 1.29 is 13.2 Å². The van der Waals surface area contributed by atoms with Gasteiger partial charge in [-0.3, -0.25) is 4.79 Å². The summed E-state index contributed by atoms with van der Waals surface area (Å²) in [6.45, 7) is 7.38. The monoisotopic (exact) mass is 297 g/mol. The number of nitrogens with one attached hydrogen (secondary N) is 1. The average molecular weight is 297 g/mol. The molecule has 0 saturated heterocycles. The highest BCUT2D eigenvalue weighted by molar-refractivity contribution is 7.89. The maximum absolute atomic E-state index is 12.1. The van der Waals surface area contributed by atoms with Crippen LogP contribution in [0.5, 0.6) is 0 Å². The fourth-order valence-corrected chi connectivity index (χ4v) is 3.18. The van der Waals surface area contributed by atoms with E-state index in [-0.39, 0.29) is 10.7 Å². The summed E-state index contributed by atoms with van der Waals surface area (Å²) in [6.07, 6.45) is 2.32. The zero-order valence-electron chi connectivity index (χ0n) is 12.6. The van der Waals surface area contributed by atoms with E-state index in [1.807, 2.05) is 6.92 Å². The number of rotatable bonds is 6. The maximum Gasteiger partial charge on any atom is 0.241 e. The number of carbonyl (C=O) groups excluding carboxylic acids is 1. The van der Waals surface area contributed by atoms with Gasteiger partial charge in [0.1, 0.15) is 0 Å². The van der Waals surface area contributed by atoms with Crippen molar-refractivity contribution in [3.05, 3.63) is 29.8 Å². The quantitative estimate of drug-likeness (QED) is 0.820. The molecule has 0 aliphatic heterocycles. The van der Waals surface area contributed by atoms with Crippen LogP contribution in [0.1, 0.15) is 57.3 Å². The number of unbranched alkanes of at least 4 members (excludes halogenated alkanes) is 1. The lowest BCUT2D eigenvalue weighted by atomic mass is 10.1. The molecule has 0 amide bonds. The molecule has 1 rings (SSSR count). The van der Waals surface area contributed by atoms with Crippen molar-refractivity contribution in [3.8, 4) is 0 Å². The highest BCUT2D eigenvalue weighted by Gasteiger charge is 2.22. The van der Waals surface area contributed by atoms with Gasteiger partial charge in [-0.2, -0.15) is 0 Å². The molecule has 1 aromatic rings. The van der Waals surface area contributed by atoms with Gasteiger partial charge in [0.2, 0.25) is 10.0 Å². The molecule has 5 heteroatoms. The lowest BCUT2D eigenvalue weighted by molar-refractivity contribution is 0.0979. The number of benzene rings is 1. The molecule has 20 heavy (non-hydrogen) atoms. The van der Waals surface area contributed by atoms with Crippen LogP contribution in [0.25, 0.3) is 0 Å². The molecular formula is C15H23NO3S. The molecule has 0 unspecified atom stereocenters. The Bertz CT molecular complexity index is 554. The molecule has 1 N–H and O–H groups in total. The Balaban J connectivity index is 2.89. The summed E-state index contributed by atoms with van der Waals surface area (Å²) in [5, 5.41) is 0. The van der Waals surface area contributed by atoms with Crippen LogP contribution in [0.2, 0.25) is 0 Å². The van der Waals surface area contributed by atoms with Gasteiger partial charge in [-0.15, -0.1) is 0 Å². The summed E-state index contributed by atoms with van der Waals surface area (Å²) in [6, 6.07) is 6.12. The average Bonchev–Trinajstić information content (AvgIpc) is 2.33. The van der Waals surface area contributed by atoms with Crippen LogP contribution in [-0.2, 0) is 10.0 Å². The van der Waals surface area contributed by atoms with E-state index in [0.29, 0.717) is 12.0 Å². The third kappa shape index (κ3) is 5.06. The molecule has 0 fully saturated rings. The Hall–Kier alpha value is -1.20. The summed E-state index contributed by atoms with van der Waals surface area (Å²) in [5.74, 6) is 0.0552. The van der Waals surface area contributed by atoms with Gasteiger partial charge in [-0.05, 0) is 39.3 Å². The molecular weight excluding hydrogens is 274 g/mol. The first-order chi connectivity index (χ1) is 9.15. The summed E-state index contributed by atoms with van der Waals surface area (Å²) in [7, 11) is -3.54. The minimum Gasteiger partial charge on any atom is -0.294 e. The molecule has 112 valence electrons. The maximum atomic E-state index is 12.1. The van der Waals surface area contributed by atoms with Gasteiger partial charge in [0.15, 0.2) is 5.78 Å². The summed E-state index contributed by atoms with van der Waals surface area (Å²) in [5.41, 5.74) is 0.0298.